The molecule has 0 aromatic heterocycles. The zero-order valence-corrected chi connectivity index (χ0v) is 18.3. The van der Waals surface area contributed by atoms with Crippen molar-refractivity contribution in [3.63, 3.8) is 0 Å². The van der Waals surface area contributed by atoms with Crippen LogP contribution in [-0.2, 0) is 16.6 Å². The van der Waals surface area contributed by atoms with Crippen LogP contribution in [0.25, 0.3) is 0 Å². The van der Waals surface area contributed by atoms with Crippen molar-refractivity contribution < 1.29 is 4.74 Å². The molecule has 0 bridgehead atoms. The third-order valence-electron chi connectivity index (χ3n) is 5.20. The Kier molecular flexibility index (Phi) is 9.07. The Balaban J connectivity index is 0.00000261. The first kappa shape index (κ1) is 21.7. The summed E-state index contributed by atoms with van der Waals surface area (Å²) in [7, 11) is 1.83. The molecule has 0 aliphatic carbocycles. The number of guanidine groups is 1. The van der Waals surface area contributed by atoms with E-state index in [4.69, 9.17) is 4.74 Å². The molecule has 1 aliphatic rings. The largest absolute Gasteiger partial charge is 0.381 e. The maximum atomic E-state index is 5.62. The van der Waals surface area contributed by atoms with Gasteiger partial charge in [-0.25, -0.2) is 0 Å². The van der Waals surface area contributed by atoms with Crippen LogP contribution >= 0.6 is 24.0 Å². The standard InChI is InChI=1S/C22H29N3O.HI/c1-23-21(24-15-12-19-8-4-2-5-9-19)25-18-22(13-16-26-17-14-22)20-10-6-3-7-11-20;/h2-11H,12-18H2,1H3,(H2,23,24,25);1H. The van der Waals surface area contributed by atoms with Gasteiger partial charge < -0.3 is 15.4 Å². The SMILES string of the molecule is CN=C(NCCc1ccccc1)NCC1(c2ccccc2)CCOCC1.I. The molecule has 2 aromatic rings. The number of ether oxygens (including phenoxy) is 1. The first-order chi connectivity index (χ1) is 12.8. The van der Waals surface area contributed by atoms with Gasteiger partial charge in [-0.05, 0) is 30.4 Å². The van der Waals surface area contributed by atoms with E-state index in [0.29, 0.717) is 0 Å². The highest BCUT2D eigenvalue weighted by molar-refractivity contribution is 14.0. The third kappa shape index (κ3) is 6.21. The molecule has 5 heteroatoms. The Bertz CT molecular complexity index is 685. The summed E-state index contributed by atoms with van der Waals surface area (Å²) >= 11 is 0. The summed E-state index contributed by atoms with van der Waals surface area (Å²) in [6, 6.07) is 21.3. The van der Waals surface area contributed by atoms with Gasteiger partial charge in [0, 0.05) is 38.8 Å². The van der Waals surface area contributed by atoms with Gasteiger partial charge in [0.15, 0.2) is 5.96 Å². The van der Waals surface area contributed by atoms with E-state index in [-0.39, 0.29) is 29.4 Å². The summed E-state index contributed by atoms with van der Waals surface area (Å²) in [6.07, 6.45) is 3.05. The van der Waals surface area contributed by atoms with Gasteiger partial charge in [-0.15, -0.1) is 24.0 Å². The number of nitrogens with one attached hydrogen (secondary N) is 2. The first-order valence-corrected chi connectivity index (χ1v) is 9.44. The molecule has 0 radical (unpaired) electrons. The zero-order valence-electron chi connectivity index (χ0n) is 16.0. The average molecular weight is 479 g/mol. The Morgan fingerprint density at radius 3 is 2.22 bits per heavy atom. The van der Waals surface area contributed by atoms with Crippen molar-refractivity contribution in [2.24, 2.45) is 4.99 Å². The van der Waals surface area contributed by atoms with Gasteiger partial charge in [0.25, 0.3) is 0 Å². The minimum Gasteiger partial charge on any atom is -0.381 e. The van der Waals surface area contributed by atoms with Crippen LogP contribution in [0.5, 0.6) is 0 Å². The molecule has 2 aromatic carbocycles. The van der Waals surface area contributed by atoms with Gasteiger partial charge in [0.1, 0.15) is 0 Å². The molecule has 1 heterocycles. The van der Waals surface area contributed by atoms with Crippen molar-refractivity contribution in [1.82, 2.24) is 10.6 Å². The van der Waals surface area contributed by atoms with Crippen molar-refractivity contribution in [3.05, 3.63) is 71.8 Å². The summed E-state index contributed by atoms with van der Waals surface area (Å²) < 4.78 is 5.62. The highest BCUT2D eigenvalue weighted by Gasteiger charge is 2.34. The van der Waals surface area contributed by atoms with Crippen LogP contribution in [0.2, 0.25) is 0 Å². The van der Waals surface area contributed by atoms with Crippen molar-refractivity contribution in [2.75, 3.05) is 33.4 Å². The first-order valence-electron chi connectivity index (χ1n) is 9.44. The molecule has 0 unspecified atom stereocenters. The molecule has 2 N–H and O–H groups in total. The Hall–Kier alpha value is -1.60. The molecular weight excluding hydrogens is 449 g/mol. The summed E-state index contributed by atoms with van der Waals surface area (Å²) in [6.45, 7) is 3.36. The lowest BCUT2D eigenvalue weighted by Crippen LogP contribution is -2.48. The molecule has 1 aliphatic heterocycles. The lowest BCUT2D eigenvalue weighted by atomic mass is 9.74. The predicted molar refractivity (Wildman–Crippen MR) is 123 cm³/mol. The van der Waals surface area contributed by atoms with Crippen molar-refractivity contribution in [2.45, 2.75) is 24.7 Å². The molecule has 0 amide bonds. The van der Waals surface area contributed by atoms with Crippen molar-refractivity contribution >= 4 is 29.9 Å². The number of rotatable bonds is 6. The Labute approximate surface area is 179 Å². The van der Waals surface area contributed by atoms with Crippen LogP contribution in [0, 0.1) is 0 Å². The number of halogens is 1. The summed E-state index contributed by atoms with van der Waals surface area (Å²) in [5, 5.41) is 6.98. The normalized spacial score (nSPS) is 16.3. The van der Waals surface area contributed by atoms with Gasteiger partial charge in [-0.3, -0.25) is 4.99 Å². The van der Waals surface area contributed by atoms with Gasteiger partial charge >= 0.3 is 0 Å². The highest BCUT2D eigenvalue weighted by Crippen LogP contribution is 2.34. The van der Waals surface area contributed by atoms with Gasteiger partial charge in [-0.1, -0.05) is 60.7 Å². The van der Waals surface area contributed by atoms with Gasteiger partial charge in [-0.2, -0.15) is 0 Å². The molecule has 4 nitrogen and oxygen atoms in total. The molecule has 146 valence electrons. The molecule has 3 rings (SSSR count). The summed E-state index contributed by atoms with van der Waals surface area (Å²) in [4.78, 5) is 4.39. The molecule has 0 atom stereocenters. The van der Waals surface area contributed by atoms with Crippen LogP contribution in [0.3, 0.4) is 0 Å². The lowest BCUT2D eigenvalue weighted by Gasteiger charge is -2.38. The maximum absolute atomic E-state index is 5.62. The van der Waals surface area contributed by atoms with E-state index in [0.717, 1.165) is 51.5 Å². The number of nitrogens with zero attached hydrogens (tertiary/aromatic N) is 1. The van der Waals surface area contributed by atoms with Crippen LogP contribution < -0.4 is 10.6 Å². The fourth-order valence-corrected chi connectivity index (χ4v) is 3.56. The fraction of sp³-hybridized carbons (Fsp3) is 0.409. The van der Waals surface area contributed by atoms with Crippen molar-refractivity contribution in [3.8, 4) is 0 Å². The number of benzene rings is 2. The Morgan fingerprint density at radius 1 is 0.963 bits per heavy atom. The van der Waals surface area contributed by atoms with E-state index >= 15 is 0 Å². The smallest absolute Gasteiger partial charge is 0.191 e. The van der Waals surface area contributed by atoms with Crippen LogP contribution in [0.15, 0.2) is 65.7 Å². The summed E-state index contributed by atoms with van der Waals surface area (Å²) in [5.74, 6) is 0.864. The molecule has 27 heavy (non-hydrogen) atoms. The third-order valence-corrected chi connectivity index (χ3v) is 5.20. The van der Waals surface area contributed by atoms with Crippen molar-refractivity contribution in [1.29, 1.82) is 0 Å². The van der Waals surface area contributed by atoms with E-state index < -0.39 is 0 Å². The molecule has 0 saturated carbocycles. The average Bonchev–Trinajstić information content (AvgIpc) is 2.72. The van der Waals surface area contributed by atoms with E-state index in [9.17, 15) is 0 Å². The van der Waals surface area contributed by atoms with E-state index in [1.54, 1.807) is 0 Å². The van der Waals surface area contributed by atoms with Crippen LogP contribution in [0.1, 0.15) is 24.0 Å². The summed E-state index contributed by atoms with van der Waals surface area (Å²) in [5.41, 5.74) is 2.83. The number of aliphatic imine (C=N–C) groups is 1. The second-order valence-corrected chi connectivity index (χ2v) is 6.85. The van der Waals surface area contributed by atoms with E-state index in [1.807, 2.05) is 13.1 Å². The second-order valence-electron chi connectivity index (χ2n) is 6.85. The number of hydrogen-bond donors (Lipinski definition) is 2. The second kappa shape index (κ2) is 11.3. The monoisotopic (exact) mass is 479 g/mol. The molecule has 1 saturated heterocycles. The van der Waals surface area contributed by atoms with Crippen LogP contribution in [0.4, 0.5) is 0 Å². The highest BCUT2D eigenvalue weighted by atomic mass is 127. The molecular formula is C22H30IN3O. The maximum Gasteiger partial charge on any atom is 0.191 e. The molecule has 0 spiro atoms. The quantitative estimate of drug-likeness (QED) is 0.377. The number of hydrogen-bond acceptors (Lipinski definition) is 2. The fourth-order valence-electron chi connectivity index (χ4n) is 3.56. The van der Waals surface area contributed by atoms with Gasteiger partial charge in [0.2, 0.25) is 0 Å². The van der Waals surface area contributed by atoms with E-state index in [2.05, 4.69) is 70.2 Å². The predicted octanol–water partition coefficient (Wildman–Crippen LogP) is 3.76. The zero-order chi connectivity index (χ0) is 18.1. The van der Waals surface area contributed by atoms with E-state index in [1.165, 1.54) is 11.1 Å². The Morgan fingerprint density at radius 2 is 1.59 bits per heavy atom. The topological polar surface area (TPSA) is 45.7 Å². The minimum absolute atomic E-state index is 0. The van der Waals surface area contributed by atoms with Crippen LogP contribution in [-0.4, -0.2) is 39.3 Å². The minimum atomic E-state index is 0. The molecule has 1 fully saturated rings. The van der Waals surface area contributed by atoms with Gasteiger partial charge in [0.05, 0.1) is 0 Å². The lowest BCUT2D eigenvalue weighted by molar-refractivity contribution is 0.0514.